The SMILES string of the molecule is O=C(COc1ccc2ccccc2c1)NCCOCCO. The molecule has 5 nitrogen and oxygen atoms in total. The van der Waals surface area contributed by atoms with Crippen LogP contribution in [0.3, 0.4) is 0 Å². The van der Waals surface area contributed by atoms with Gasteiger partial charge in [-0.25, -0.2) is 0 Å². The third-order valence-electron chi connectivity index (χ3n) is 2.90. The normalized spacial score (nSPS) is 10.5. The summed E-state index contributed by atoms with van der Waals surface area (Å²) in [5, 5.41) is 13.4. The fourth-order valence-electron chi connectivity index (χ4n) is 1.89. The number of carbonyl (C=O) groups is 1. The van der Waals surface area contributed by atoms with Gasteiger partial charge in [0.05, 0.1) is 19.8 Å². The van der Waals surface area contributed by atoms with Crippen molar-refractivity contribution in [3.63, 3.8) is 0 Å². The lowest BCUT2D eigenvalue weighted by atomic mass is 10.1. The number of hydrogen-bond donors (Lipinski definition) is 2. The summed E-state index contributed by atoms with van der Waals surface area (Å²) in [7, 11) is 0. The van der Waals surface area contributed by atoms with Crippen LogP contribution in [0.1, 0.15) is 0 Å². The van der Waals surface area contributed by atoms with Crippen LogP contribution in [-0.4, -0.2) is 44.0 Å². The average Bonchev–Trinajstić information content (AvgIpc) is 2.52. The Morgan fingerprint density at radius 1 is 1.10 bits per heavy atom. The molecule has 0 aliphatic carbocycles. The molecule has 112 valence electrons. The summed E-state index contributed by atoms with van der Waals surface area (Å²) < 4.78 is 10.5. The molecule has 0 aliphatic heterocycles. The van der Waals surface area contributed by atoms with Gasteiger partial charge in [0, 0.05) is 6.54 Å². The van der Waals surface area contributed by atoms with Crippen molar-refractivity contribution in [1.82, 2.24) is 5.32 Å². The summed E-state index contributed by atoms with van der Waals surface area (Å²) >= 11 is 0. The van der Waals surface area contributed by atoms with Crippen molar-refractivity contribution in [2.45, 2.75) is 0 Å². The number of aliphatic hydroxyl groups excluding tert-OH is 1. The van der Waals surface area contributed by atoms with Gasteiger partial charge < -0.3 is 19.9 Å². The molecule has 0 fully saturated rings. The van der Waals surface area contributed by atoms with Gasteiger partial charge in [-0.05, 0) is 22.9 Å². The summed E-state index contributed by atoms with van der Waals surface area (Å²) in [6, 6.07) is 13.7. The van der Waals surface area contributed by atoms with Crippen LogP contribution in [0.2, 0.25) is 0 Å². The Kier molecular flexibility index (Phi) is 5.99. The smallest absolute Gasteiger partial charge is 0.258 e. The molecule has 2 aromatic rings. The largest absolute Gasteiger partial charge is 0.484 e. The Morgan fingerprint density at radius 3 is 2.71 bits per heavy atom. The summed E-state index contributed by atoms with van der Waals surface area (Å²) in [6.07, 6.45) is 0. The van der Waals surface area contributed by atoms with Gasteiger partial charge in [0.1, 0.15) is 5.75 Å². The van der Waals surface area contributed by atoms with Crippen molar-refractivity contribution in [2.24, 2.45) is 0 Å². The minimum Gasteiger partial charge on any atom is -0.484 e. The predicted molar refractivity (Wildman–Crippen MR) is 80.4 cm³/mol. The van der Waals surface area contributed by atoms with Crippen LogP contribution in [0.5, 0.6) is 5.75 Å². The highest BCUT2D eigenvalue weighted by molar-refractivity contribution is 5.84. The number of carbonyl (C=O) groups excluding carboxylic acids is 1. The molecular weight excluding hydrogens is 270 g/mol. The van der Waals surface area contributed by atoms with Gasteiger partial charge in [-0.3, -0.25) is 4.79 Å². The minimum atomic E-state index is -0.198. The van der Waals surface area contributed by atoms with Crippen LogP contribution >= 0.6 is 0 Å². The molecule has 0 spiro atoms. The van der Waals surface area contributed by atoms with Gasteiger partial charge in [0.2, 0.25) is 0 Å². The highest BCUT2D eigenvalue weighted by atomic mass is 16.5. The topological polar surface area (TPSA) is 67.8 Å². The Balaban J connectivity index is 1.75. The van der Waals surface area contributed by atoms with Gasteiger partial charge in [0.15, 0.2) is 6.61 Å². The molecule has 0 saturated carbocycles. The second-order valence-electron chi connectivity index (χ2n) is 4.48. The van der Waals surface area contributed by atoms with E-state index in [1.165, 1.54) is 0 Å². The van der Waals surface area contributed by atoms with Crippen molar-refractivity contribution in [2.75, 3.05) is 33.0 Å². The second kappa shape index (κ2) is 8.24. The lowest BCUT2D eigenvalue weighted by Crippen LogP contribution is -2.31. The first-order valence-electron chi connectivity index (χ1n) is 6.86. The highest BCUT2D eigenvalue weighted by Crippen LogP contribution is 2.20. The molecule has 0 bridgehead atoms. The molecule has 1 amide bonds. The number of rotatable bonds is 8. The van der Waals surface area contributed by atoms with Crippen molar-refractivity contribution in [3.05, 3.63) is 42.5 Å². The van der Waals surface area contributed by atoms with E-state index in [2.05, 4.69) is 5.32 Å². The summed E-state index contributed by atoms with van der Waals surface area (Å²) in [5.41, 5.74) is 0. The maximum atomic E-state index is 11.6. The number of nitrogens with one attached hydrogen (secondary N) is 1. The fourth-order valence-corrected chi connectivity index (χ4v) is 1.89. The van der Waals surface area contributed by atoms with Crippen LogP contribution in [0.15, 0.2) is 42.5 Å². The van der Waals surface area contributed by atoms with E-state index in [9.17, 15) is 4.79 Å². The molecule has 0 heterocycles. The Morgan fingerprint density at radius 2 is 1.90 bits per heavy atom. The van der Waals surface area contributed by atoms with Gasteiger partial charge in [-0.2, -0.15) is 0 Å². The molecule has 0 unspecified atom stereocenters. The standard InChI is InChI=1S/C16H19NO4/c18-8-10-20-9-7-17-16(19)12-21-15-6-5-13-3-1-2-4-14(13)11-15/h1-6,11,18H,7-10,12H2,(H,17,19). The first-order chi connectivity index (χ1) is 10.3. The van der Waals surface area contributed by atoms with Gasteiger partial charge in [-0.15, -0.1) is 0 Å². The molecule has 0 aromatic heterocycles. The third-order valence-corrected chi connectivity index (χ3v) is 2.90. The van der Waals surface area contributed by atoms with Crippen LogP contribution in [-0.2, 0) is 9.53 Å². The molecule has 0 radical (unpaired) electrons. The quantitative estimate of drug-likeness (QED) is 0.720. The van der Waals surface area contributed by atoms with Crippen molar-refractivity contribution < 1.29 is 19.4 Å². The van der Waals surface area contributed by atoms with Crippen molar-refractivity contribution in [3.8, 4) is 5.75 Å². The van der Waals surface area contributed by atoms with Crippen LogP contribution in [0.25, 0.3) is 10.8 Å². The van der Waals surface area contributed by atoms with Crippen LogP contribution < -0.4 is 10.1 Å². The second-order valence-corrected chi connectivity index (χ2v) is 4.48. The third kappa shape index (κ3) is 5.06. The molecule has 0 aliphatic rings. The number of fused-ring (bicyclic) bond motifs is 1. The van der Waals surface area contributed by atoms with E-state index in [4.69, 9.17) is 14.6 Å². The van der Waals surface area contributed by atoms with E-state index in [1.54, 1.807) is 0 Å². The Labute approximate surface area is 123 Å². The van der Waals surface area contributed by atoms with E-state index < -0.39 is 0 Å². The van der Waals surface area contributed by atoms with Gasteiger partial charge in [0.25, 0.3) is 5.91 Å². The molecule has 2 N–H and O–H groups in total. The monoisotopic (exact) mass is 289 g/mol. The van der Waals surface area contributed by atoms with Crippen LogP contribution in [0, 0.1) is 0 Å². The Bertz CT molecular complexity index is 585. The van der Waals surface area contributed by atoms with Crippen LogP contribution in [0.4, 0.5) is 0 Å². The molecule has 21 heavy (non-hydrogen) atoms. The van der Waals surface area contributed by atoms with Gasteiger partial charge >= 0.3 is 0 Å². The zero-order valence-electron chi connectivity index (χ0n) is 11.7. The number of aliphatic hydroxyl groups is 1. The predicted octanol–water partition coefficient (Wildman–Crippen LogP) is 1.34. The number of hydrogen-bond acceptors (Lipinski definition) is 4. The summed E-state index contributed by atoms with van der Waals surface area (Å²) in [4.78, 5) is 11.6. The Hall–Kier alpha value is -2.11. The zero-order chi connectivity index (χ0) is 14.9. The molecular formula is C16H19NO4. The van der Waals surface area contributed by atoms with E-state index in [1.807, 2.05) is 42.5 Å². The first kappa shape index (κ1) is 15.3. The maximum Gasteiger partial charge on any atom is 0.258 e. The minimum absolute atomic E-state index is 0.0149. The summed E-state index contributed by atoms with van der Waals surface area (Å²) in [5.74, 6) is 0.469. The molecule has 5 heteroatoms. The van der Waals surface area contributed by atoms with E-state index in [-0.39, 0.29) is 25.7 Å². The lowest BCUT2D eigenvalue weighted by Gasteiger charge is -2.08. The van der Waals surface area contributed by atoms with E-state index in [0.717, 1.165) is 10.8 Å². The fraction of sp³-hybridized carbons (Fsp3) is 0.312. The molecule has 0 atom stereocenters. The number of amides is 1. The highest BCUT2D eigenvalue weighted by Gasteiger charge is 2.03. The zero-order valence-corrected chi connectivity index (χ0v) is 11.7. The van der Waals surface area contributed by atoms with Gasteiger partial charge in [-0.1, -0.05) is 30.3 Å². The maximum absolute atomic E-state index is 11.6. The number of benzene rings is 2. The molecule has 2 rings (SSSR count). The molecule has 2 aromatic carbocycles. The lowest BCUT2D eigenvalue weighted by molar-refractivity contribution is -0.123. The van der Waals surface area contributed by atoms with E-state index in [0.29, 0.717) is 18.9 Å². The van der Waals surface area contributed by atoms with Crippen molar-refractivity contribution >= 4 is 16.7 Å². The number of ether oxygens (including phenoxy) is 2. The average molecular weight is 289 g/mol. The molecule has 0 saturated heterocycles. The summed E-state index contributed by atoms with van der Waals surface area (Å²) in [6.45, 7) is 1.02. The first-order valence-corrected chi connectivity index (χ1v) is 6.86. The van der Waals surface area contributed by atoms with E-state index >= 15 is 0 Å². The van der Waals surface area contributed by atoms with Crippen molar-refractivity contribution in [1.29, 1.82) is 0 Å².